The highest BCUT2D eigenvalue weighted by Gasteiger charge is 2.16. The summed E-state index contributed by atoms with van der Waals surface area (Å²) in [6.07, 6.45) is 2.06. The molecule has 2 aliphatic heterocycles. The van der Waals surface area contributed by atoms with E-state index in [2.05, 4.69) is 20.9 Å². The molecule has 0 spiro atoms. The Morgan fingerprint density at radius 1 is 1.60 bits per heavy atom. The summed E-state index contributed by atoms with van der Waals surface area (Å²) in [5, 5.41) is 9.48. The summed E-state index contributed by atoms with van der Waals surface area (Å²) in [6.45, 7) is 2.82. The molecule has 3 N–H and O–H groups in total. The molecule has 0 aromatic rings. The van der Waals surface area contributed by atoms with Gasteiger partial charge in [-0.1, -0.05) is 0 Å². The van der Waals surface area contributed by atoms with Crippen LogP contribution in [0.1, 0.15) is 6.92 Å². The third kappa shape index (κ3) is 0.725. The molecule has 0 fully saturated rings. The van der Waals surface area contributed by atoms with Gasteiger partial charge in [0.05, 0.1) is 18.6 Å². The Morgan fingerprint density at radius 2 is 2.50 bits per heavy atom. The van der Waals surface area contributed by atoms with Gasteiger partial charge in [0.15, 0.2) is 0 Å². The standard InChI is InChI=1S/C6H10N4/c1-4-7-2-5-6(10-4)9-3-8-5/h2,4,8-10H,3H2,1H3. The minimum atomic E-state index is 0.200. The van der Waals surface area contributed by atoms with Crippen LogP contribution in [-0.2, 0) is 0 Å². The molecule has 2 heterocycles. The molecule has 4 nitrogen and oxygen atoms in total. The summed E-state index contributed by atoms with van der Waals surface area (Å²) >= 11 is 0. The van der Waals surface area contributed by atoms with Crippen LogP contribution in [0.4, 0.5) is 0 Å². The van der Waals surface area contributed by atoms with E-state index in [9.17, 15) is 0 Å². The van der Waals surface area contributed by atoms with Gasteiger partial charge in [0.1, 0.15) is 12.0 Å². The van der Waals surface area contributed by atoms with Gasteiger partial charge in [0.2, 0.25) is 0 Å². The number of aliphatic imine (C=N–C) groups is 1. The highest BCUT2D eigenvalue weighted by atomic mass is 15.3. The second kappa shape index (κ2) is 1.90. The predicted octanol–water partition coefficient (Wildman–Crippen LogP) is -0.674. The Hall–Kier alpha value is -1.19. The van der Waals surface area contributed by atoms with E-state index in [0.717, 1.165) is 18.2 Å². The Labute approximate surface area is 59.4 Å². The minimum absolute atomic E-state index is 0.200. The Morgan fingerprint density at radius 3 is 3.40 bits per heavy atom. The van der Waals surface area contributed by atoms with Crippen molar-refractivity contribution in [3.63, 3.8) is 0 Å². The van der Waals surface area contributed by atoms with Gasteiger partial charge >= 0.3 is 0 Å². The van der Waals surface area contributed by atoms with Crippen LogP contribution in [-0.4, -0.2) is 19.0 Å². The van der Waals surface area contributed by atoms with E-state index < -0.39 is 0 Å². The van der Waals surface area contributed by atoms with Crippen LogP contribution in [0.3, 0.4) is 0 Å². The summed E-state index contributed by atoms with van der Waals surface area (Å²) in [5.41, 5.74) is 1.07. The van der Waals surface area contributed by atoms with Gasteiger partial charge in [-0.2, -0.15) is 0 Å². The zero-order valence-electron chi connectivity index (χ0n) is 5.81. The molecule has 0 aliphatic carbocycles. The van der Waals surface area contributed by atoms with Crippen LogP contribution < -0.4 is 16.0 Å². The average molecular weight is 138 g/mol. The molecule has 0 amide bonds. The van der Waals surface area contributed by atoms with Crippen LogP contribution in [0.5, 0.6) is 0 Å². The third-order valence-electron chi connectivity index (χ3n) is 1.59. The van der Waals surface area contributed by atoms with E-state index >= 15 is 0 Å². The molecule has 4 heteroatoms. The van der Waals surface area contributed by atoms with Crippen molar-refractivity contribution in [2.45, 2.75) is 13.1 Å². The Bertz CT molecular complexity index is 206. The normalized spacial score (nSPS) is 28.7. The Kier molecular flexibility index (Phi) is 1.06. The summed E-state index contributed by atoms with van der Waals surface area (Å²) in [4.78, 5) is 4.18. The van der Waals surface area contributed by atoms with Crippen molar-refractivity contribution in [2.75, 3.05) is 6.67 Å². The number of nitrogens with zero attached hydrogens (tertiary/aromatic N) is 1. The molecule has 0 aromatic carbocycles. The van der Waals surface area contributed by atoms with Gasteiger partial charge in [-0.05, 0) is 6.92 Å². The second-order valence-electron chi connectivity index (χ2n) is 2.42. The van der Waals surface area contributed by atoms with Crippen molar-refractivity contribution < 1.29 is 0 Å². The maximum absolute atomic E-state index is 4.18. The lowest BCUT2D eigenvalue weighted by molar-refractivity contribution is 0.604. The van der Waals surface area contributed by atoms with Gasteiger partial charge < -0.3 is 16.0 Å². The van der Waals surface area contributed by atoms with Gasteiger partial charge in [-0.25, -0.2) is 0 Å². The summed E-state index contributed by atoms with van der Waals surface area (Å²) in [5.74, 6) is 1.07. The van der Waals surface area contributed by atoms with E-state index in [1.165, 1.54) is 0 Å². The lowest BCUT2D eigenvalue weighted by atomic mass is 10.4. The first-order valence-electron chi connectivity index (χ1n) is 3.38. The van der Waals surface area contributed by atoms with Gasteiger partial charge in [-0.3, -0.25) is 4.99 Å². The van der Waals surface area contributed by atoms with Crippen molar-refractivity contribution in [3.05, 3.63) is 11.5 Å². The van der Waals surface area contributed by atoms with E-state index in [0.29, 0.717) is 0 Å². The van der Waals surface area contributed by atoms with Gasteiger partial charge in [-0.15, -0.1) is 0 Å². The molecule has 54 valence electrons. The molecule has 2 rings (SSSR count). The zero-order valence-corrected chi connectivity index (χ0v) is 5.81. The van der Waals surface area contributed by atoms with Gasteiger partial charge in [0.25, 0.3) is 0 Å². The fourth-order valence-corrected chi connectivity index (χ4v) is 1.08. The van der Waals surface area contributed by atoms with E-state index in [4.69, 9.17) is 0 Å². The number of allylic oxidation sites excluding steroid dienone is 1. The van der Waals surface area contributed by atoms with E-state index in [1.807, 2.05) is 13.1 Å². The summed E-state index contributed by atoms with van der Waals surface area (Å²) < 4.78 is 0. The molecule has 0 saturated carbocycles. The average Bonchev–Trinajstić information content (AvgIpc) is 2.33. The topological polar surface area (TPSA) is 48.5 Å². The van der Waals surface area contributed by atoms with Gasteiger partial charge in [0, 0.05) is 0 Å². The molecular weight excluding hydrogens is 128 g/mol. The highest BCUT2D eigenvalue weighted by Crippen LogP contribution is 2.04. The summed E-state index contributed by atoms with van der Waals surface area (Å²) in [6, 6.07) is 0. The summed E-state index contributed by atoms with van der Waals surface area (Å²) in [7, 11) is 0. The molecule has 1 atom stereocenters. The molecule has 0 bridgehead atoms. The maximum atomic E-state index is 4.18. The molecule has 1 unspecified atom stereocenters. The zero-order chi connectivity index (χ0) is 6.97. The number of hydrogen-bond donors (Lipinski definition) is 3. The molecule has 10 heavy (non-hydrogen) atoms. The molecule has 2 aliphatic rings. The molecule has 0 aromatic heterocycles. The van der Waals surface area contributed by atoms with Crippen LogP contribution in [0.25, 0.3) is 0 Å². The minimum Gasteiger partial charge on any atom is -0.364 e. The van der Waals surface area contributed by atoms with E-state index in [1.54, 1.807) is 0 Å². The molecule has 0 saturated heterocycles. The smallest absolute Gasteiger partial charge is 0.127 e. The van der Waals surface area contributed by atoms with Crippen molar-refractivity contribution in [1.29, 1.82) is 0 Å². The van der Waals surface area contributed by atoms with Crippen LogP contribution in [0, 0.1) is 0 Å². The largest absolute Gasteiger partial charge is 0.364 e. The number of nitrogens with one attached hydrogen (secondary N) is 3. The van der Waals surface area contributed by atoms with Crippen molar-refractivity contribution in [1.82, 2.24) is 16.0 Å². The number of rotatable bonds is 0. The van der Waals surface area contributed by atoms with Crippen molar-refractivity contribution in [3.8, 4) is 0 Å². The highest BCUT2D eigenvalue weighted by molar-refractivity contribution is 5.80. The van der Waals surface area contributed by atoms with Crippen molar-refractivity contribution in [2.24, 2.45) is 4.99 Å². The van der Waals surface area contributed by atoms with Crippen LogP contribution >= 0.6 is 0 Å². The lowest BCUT2D eigenvalue weighted by Gasteiger charge is -2.15. The quantitative estimate of drug-likeness (QED) is 0.416. The third-order valence-corrected chi connectivity index (χ3v) is 1.59. The Balaban J connectivity index is 2.22. The molecule has 0 radical (unpaired) electrons. The predicted molar refractivity (Wildman–Crippen MR) is 39.3 cm³/mol. The fraction of sp³-hybridized carbons (Fsp3) is 0.500. The molecular formula is C6H10N4. The first-order valence-corrected chi connectivity index (χ1v) is 3.38. The first-order chi connectivity index (χ1) is 4.86. The SMILES string of the molecule is CC1N=CC2=C(NCN2)N1. The van der Waals surface area contributed by atoms with Crippen LogP contribution in [0.15, 0.2) is 16.5 Å². The van der Waals surface area contributed by atoms with E-state index in [-0.39, 0.29) is 6.17 Å². The maximum Gasteiger partial charge on any atom is 0.127 e. The monoisotopic (exact) mass is 138 g/mol. The van der Waals surface area contributed by atoms with Crippen molar-refractivity contribution >= 4 is 6.21 Å². The second-order valence-corrected chi connectivity index (χ2v) is 2.42. The van der Waals surface area contributed by atoms with Crippen LogP contribution in [0.2, 0.25) is 0 Å². The lowest BCUT2D eigenvalue weighted by Crippen LogP contribution is -2.32. The number of hydrogen-bond acceptors (Lipinski definition) is 4. The fourth-order valence-electron chi connectivity index (χ4n) is 1.08. The first kappa shape index (κ1) is 5.58.